The number of nitrogens with zero attached hydrogens (tertiary/aromatic N) is 5. The first-order valence-corrected chi connectivity index (χ1v) is 9.80. The summed E-state index contributed by atoms with van der Waals surface area (Å²) >= 11 is 0. The molecule has 1 saturated carbocycles. The van der Waals surface area contributed by atoms with Gasteiger partial charge >= 0.3 is 0 Å². The van der Waals surface area contributed by atoms with Gasteiger partial charge in [0, 0.05) is 38.2 Å². The normalized spacial score (nSPS) is 23.1. The van der Waals surface area contributed by atoms with Crippen molar-refractivity contribution in [3.05, 3.63) is 42.6 Å². The third-order valence-corrected chi connectivity index (χ3v) is 5.60. The van der Waals surface area contributed by atoms with Crippen molar-refractivity contribution in [3.63, 3.8) is 0 Å². The van der Waals surface area contributed by atoms with Gasteiger partial charge in [-0.2, -0.15) is 0 Å². The third kappa shape index (κ3) is 3.74. The van der Waals surface area contributed by atoms with Crippen LogP contribution in [0.3, 0.4) is 0 Å². The minimum Gasteiger partial charge on any atom is -0.357 e. The zero-order chi connectivity index (χ0) is 17.8. The predicted octanol–water partition coefficient (Wildman–Crippen LogP) is 2.85. The van der Waals surface area contributed by atoms with E-state index in [2.05, 4.69) is 33.2 Å². The van der Waals surface area contributed by atoms with Gasteiger partial charge in [0.25, 0.3) is 0 Å². The number of nitrogens with one attached hydrogen (secondary N) is 1. The summed E-state index contributed by atoms with van der Waals surface area (Å²) < 4.78 is 1.91. The molecule has 2 fully saturated rings. The molecule has 1 aliphatic carbocycles. The van der Waals surface area contributed by atoms with Gasteiger partial charge in [0.15, 0.2) is 5.96 Å². The van der Waals surface area contributed by atoms with Crippen molar-refractivity contribution in [3.8, 4) is 5.82 Å². The Bertz CT molecular complexity index is 707. The fraction of sp³-hybridized carbons (Fsp3) is 0.550. The second-order valence-corrected chi connectivity index (χ2v) is 7.37. The summed E-state index contributed by atoms with van der Waals surface area (Å²) in [6, 6.07) is 4.11. The van der Waals surface area contributed by atoms with E-state index in [1.54, 1.807) is 12.5 Å². The summed E-state index contributed by atoms with van der Waals surface area (Å²) in [5, 5.41) is 3.48. The fourth-order valence-corrected chi connectivity index (χ4v) is 4.23. The molecule has 0 bridgehead atoms. The zero-order valence-corrected chi connectivity index (χ0v) is 15.5. The highest BCUT2D eigenvalue weighted by Gasteiger charge is 2.35. The van der Waals surface area contributed by atoms with E-state index >= 15 is 0 Å². The van der Waals surface area contributed by atoms with Crippen molar-refractivity contribution in [1.29, 1.82) is 0 Å². The molecule has 1 aliphatic heterocycles. The van der Waals surface area contributed by atoms with Crippen molar-refractivity contribution < 1.29 is 0 Å². The Labute approximate surface area is 155 Å². The fourth-order valence-electron chi connectivity index (χ4n) is 4.23. The molecule has 138 valence electrons. The Hall–Kier alpha value is -2.37. The molecule has 2 aliphatic rings. The molecule has 2 unspecified atom stereocenters. The lowest BCUT2D eigenvalue weighted by Gasteiger charge is -2.22. The van der Waals surface area contributed by atoms with Crippen LogP contribution in [0.1, 0.15) is 38.2 Å². The van der Waals surface area contributed by atoms with Crippen LogP contribution in [-0.4, -0.2) is 45.0 Å². The van der Waals surface area contributed by atoms with Crippen LogP contribution in [0.25, 0.3) is 5.82 Å². The maximum absolute atomic E-state index is 4.89. The maximum atomic E-state index is 4.89. The number of hydrogen-bond acceptors (Lipinski definition) is 3. The highest BCUT2D eigenvalue weighted by molar-refractivity contribution is 5.80. The number of rotatable bonds is 4. The molecule has 0 radical (unpaired) electrons. The summed E-state index contributed by atoms with van der Waals surface area (Å²) in [6.07, 6.45) is 12.9. The summed E-state index contributed by atoms with van der Waals surface area (Å²) in [5.74, 6) is 3.67. The number of aliphatic imine (C=N–C) groups is 1. The van der Waals surface area contributed by atoms with Crippen LogP contribution in [0.5, 0.6) is 0 Å². The van der Waals surface area contributed by atoms with E-state index < -0.39 is 0 Å². The van der Waals surface area contributed by atoms with Gasteiger partial charge in [-0.3, -0.25) is 4.57 Å². The van der Waals surface area contributed by atoms with E-state index in [-0.39, 0.29) is 0 Å². The number of guanidine groups is 1. The Balaban J connectivity index is 1.43. The van der Waals surface area contributed by atoms with Crippen LogP contribution < -0.4 is 5.32 Å². The molecule has 0 aromatic carbocycles. The number of aromatic nitrogens is 3. The molecular weight excluding hydrogens is 324 g/mol. The van der Waals surface area contributed by atoms with Crippen LogP contribution >= 0.6 is 0 Å². The van der Waals surface area contributed by atoms with E-state index in [0.717, 1.165) is 48.8 Å². The molecule has 2 atom stereocenters. The van der Waals surface area contributed by atoms with Crippen LogP contribution in [0, 0.1) is 11.8 Å². The molecule has 26 heavy (non-hydrogen) atoms. The largest absolute Gasteiger partial charge is 0.357 e. The highest BCUT2D eigenvalue weighted by Crippen LogP contribution is 2.35. The molecule has 2 aromatic heterocycles. The second kappa shape index (κ2) is 7.89. The first-order valence-electron chi connectivity index (χ1n) is 9.80. The van der Waals surface area contributed by atoms with E-state index in [9.17, 15) is 0 Å². The molecule has 6 nitrogen and oxygen atoms in total. The van der Waals surface area contributed by atoms with Crippen molar-refractivity contribution >= 4 is 5.96 Å². The monoisotopic (exact) mass is 352 g/mol. The van der Waals surface area contributed by atoms with Gasteiger partial charge in [0.1, 0.15) is 12.1 Å². The number of imidazole rings is 1. The van der Waals surface area contributed by atoms with Gasteiger partial charge in [-0.1, -0.05) is 18.9 Å². The Morgan fingerprint density at radius 2 is 2.04 bits per heavy atom. The first kappa shape index (κ1) is 17.1. The Morgan fingerprint density at radius 3 is 2.65 bits per heavy atom. The Morgan fingerprint density at radius 1 is 1.23 bits per heavy atom. The topological polar surface area (TPSA) is 58.3 Å². The van der Waals surface area contributed by atoms with Crippen molar-refractivity contribution in [2.45, 2.75) is 39.2 Å². The van der Waals surface area contributed by atoms with Crippen LogP contribution in [0.15, 0.2) is 42.0 Å². The quantitative estimate of drug-likeness (QED) is 0.679. The second-order valence-electron chi connectivity index (χ2n) is 7.37. The summed E-state index contributed by atoms with van der Waals surface area (Å²) in [7, 11) is 0. The average molecular weight is 352 g/mol. The maximum Gasteiger partial charge on any atom is 0.194 e. The molecular formula is C20H28N6. The number of likely N-dealkylation sites (tertiary alicyclic amines) is 1. The first-order chi connectivity index (χ1) is 12.8. The summed E-state index contributed by atoms with van der Waals surface area (Å²) in [6.45, 7) is 6.02. The van der Waals surface area contributed by atoms with E-state index in [4.69, 9.17) is 4.99 Å². The van der Waals surface area contributed by atoms with Gasteiger partial charge in [0.05, 0.1) is 6.54 Å². The minimum absolute atomic E-state index is 0.658. The smallest absolute Gasteiger partial charge is 0.194 e. The lowest BCUT2D eigenvalue weighted by atomic mass is 9.82. The van der Waals surface area contributed by atoms with E-state index in [0.29, 0.717) is 6.54 Å². The molecule has 2 aromatic rings. The summed E-state index contributed by atoms with van der Waals surface area (Å²) in [4.78, 5) is 15.9. The van der Waals surface area contributed by atoms with Crippen molar-refractivity contribution in [2.24, 2.45) is 16.8 Å². The van der Waals surface area contributed by atoms with Gasteiger partial charge in [-0.25, -0.2) is 15.0 Å². The average Bonchev–Trinajstić information content (AvgIpc) is 3.35. The van der Waals surface area contributed by atoms with Gasteiger partial charge in [0.2, 0.25) is 0 Å². The van der Waals surface area contributed by atoms with Crippen LogP contribution in [0.2, 0.25) is 0 Å². The predicted molar refractivity (Wildman–Crippen MR) is 103 cm³/mol. The Kier molecular flexibility index (Phi) is 5.18. The lowest BCUT2D eigenvalue weighted by molar-refractivity contribution is 0.299. The number of hydrogen-bond donors (Lipinski definition) is 1. The van der Waals surface area contributed by atoms with Crippen molar-refractivity contribution in [1.82, 2.24) is 24.8 Å². The highest BCUT2D eigenvalue weighted by atomic mass is 15.3. The van der Waals surface area contributed by atoms with Crippen LogP contribution in [-0.2, 0) is 6.54 Å². The molecule has 6 heteroatoms. The molecule has 4 rings (SSSR count). The number of fused-ring (bicyclic) bond motifs is 1. The molecule has 0 spiro atoms. The van der Waals surface area contributed by atoms with E-state index in [1.165, 1.54) is 25.7 Å². The third-order valence-electron chi connectivity index (χ3n) is 5.60. The molecule has 0 amide bonds. The molecule has 3 heterocycles. The SMILES string of the molecule is CCNC(=NCc1ccc(-n2ccnc2)nc1)N1CC2CCCCC2C1. The standard InChI is InChI=1S/C20H28N6/c1-2-22-20(26-13-17-5-3-4-6-18(17)14-26)24-12-16-7-8-19(23-11-16)25-10-9-21-15-25/h7-11,15,17-18H,2-6,12-14H2,1H3,(H,22,24). The molecule has 1 saturated heterocycles. The lowest BCUT2D eigenvalue weighted by Crippen LogP contribution is -2.40. The van der Waals surface area contributed by atoms with Gasteiger partial charge in [-0.05, 0) is 43.2 Å². The van der Waals surface area contributed by atoms with Gasteiger partial charge in [-0.15, -0.1) is 0 Å². The number of pyridine rings is 1. The molecule has 1 N–H and O–H groups in total. The minimum atomic E-state index is 0.658. The van der Waals surface area contributed by atoms with Gasteiger partial charge < -0.3 is 10.2 Å². The summed E-state index contributed by atoms with van der Waals surface area (Å²) in [5.41, 5.74) is 1.13. The zero-order valence-electron chi connectivity index (χ0n) is 15.5. The van der Waals surface area contributed by atoms with Crippen molar-refractivity contribution in [2.75, 3.05) is 19.6 Å². The van der Waals surface area contributed by atoms with E-state index in [1.807, 2.05) is 23.0 Å². The van der Waals surface area contributed by atoms with Crippen LogP contribution in [0.4, 0.5) is 0 Å².